The molecule has 3 aromatic carbocycles. The van der Waals surface area contributed by atoms with Gasteiger partial charge in [-0.2, -0.15) is 5.10 Å². The van der Waals surface area contributed by atoms with Gasteiger partial charge in [-0.1, -0.05) is 43.7 Å². The van der Waals surface area contributed by atoms with Crippen molar-refractivity contribution in [2.45, 2.75) is 26.4 Å². The van der Waals surface area contributed by atoms with Crippen molar-refractivity contribution in [1.82, 2.24) is 5.43 Å². The van der Waals surface area contributed by atoms with E-state index in [-0.39, 0.29) is 12.5 Å². The van der Waals surface area contributed by atoms with Gasteiger partial charge in [0.05, 0.1) is 19.9 Å². The minimum atomic E-state index is -0.366. The van der Waals surface area contributed by atoms with Crippen molar-refractivity contribution in [3.8, 4) is 23.0 Å². The van der Waals surface area contributed by atoms with Gasteiger partial charge in [0, 0.05) is 0 Å². The van der Waals surface area contributed by atoms with Gasteiger partial charge in [0.2, 0.25) is 0 Å². The normalized spacial score (nSPS) is 10.6. The van der Waals surface area contributed by atoms with E-state index in [2.05, 4.69) is 17.5 Å². The van der Waals surface area contributed by atoms with Crippen LogP contribution in [0.3, 0.4) is 0 Å². The zero-order valence-electron chi connectivity index (χ0n) is 19.5. The Morgan fingerprint density at radius 1 is 0.912 bits per heavy atom. The lowest BCUT2D eigenvalue weighted by atomic mass is 10.2. The molecule has 0 fully saturated rings. The van der Waals surface area contributed by atoms with Crippen LogP contribution in [0.5, 0.6) is 23.0 Å². The average molecular weight is 463 g/mol. The van der Waals surface area contributed by atoms with Crippen LogP contribution in [0.25, 0.3) is 0 Å². The van der Waals surface area contributed by atoms with E-state index in [1.54, 1.807) is 25.3 Å². The maximum atomic E-state index is 12.0. The molecule has 3 rings (SSSR count). The van der Waals surface area contributed by atoms with Gasteiger partial charge in [0.25, 0.3) is 5.91 Å². The lowest BCUT2D eigenvalue weighted by molar-refractivity contribution is -0.123. The lowest BCUT2D eigenvalue weighted by Gasteiger charge is -2.11. The molecule has 0 spiro atoms. The second-order valence-electron chi connectivity index (χ2n) is 7.44. The van der Waals surface area contributed by atoms with Crippen molar-refractivity contribution < 1.29 is 23.7 Å². The fraction of sp³-hybridized carbons (Fsp3) is 0.259. The van der Waals surface area contributed by atoms with E-state index in [0.717, 1.165) is 29.7 Å². The predicted molar refractivity (Wildman–Crippen MR) is 132 cm³/mol. The molecule has 0 aromatic heterocycles. The SMILES string of the molecule is CCCCOc1ccc(OCC(=O)N/N=C/c2ccc(OCc3ccccc3)c(OC)c2)cc1. The average Bonchev–Trinajstić information content (AvgIpc) is 2.88. The number of benzene rings is 3. The number of rotatable bonds is 13. The van der Waals surface area contributed by atoms with Crippen molar-refractivity contribution in [3.05, 3.63) is 83.9 Å². The first-order valence-electron chi connectivity index (χ1n) is 11.2. The van der Waals surface area contributed by atoms with E-state index >= 15 is 0 Å². The molecule has 0 saturated heterocycles. The molecule has 0 heterocycles. The molecule has 178 valence electrons. The Bertz CT molecular complexity index is 1050. The first kappa shape index (κ1) is 24.6. The summed E-state index contributed by atoms with van der Waals surface area (Å²) in [6.45, 7) is 3.09. The number of unbranched alkanes of at least 4 members (excludes halogenated alkanes) is 1. The van der Waals surface area contributed by atoms with Gasteiger partial charge in [0.15, 0.2) is 18.1 Å². The van der Waals surface area contributed by atoms with Crippen molar-refractivity contribution >= 4 is 12.1 Å². The summed E-state index contributed by atoms with van der Waals surface area (Å²) in [5.74, 6) is 2.20. The summed E-state index contributed by atoms with van der Waals surface area (Å²) in [6, 6.07) is 22.5. The third kappa shape index (κ3) is 8.16. The van der Waals surface area contributed by atoms with Crippen LogP contribution in [0.2, 0.25) is 0 Å². The number of nitrogens with one attached hydrogen (secondary N) is 1. The molecule has 0 aliphatic heterocycles. The molecule has 0 bridgehead atoms. The van der Waals surface area contributed by atoms with Gasteiger partial charge in [-0.15, -0.1) is 0 Å². The minimum absolute atomic E-state index is 0.150. The molecule has 0 radical (unpaired) electrons. The Labute approximate surface area is 200 Å². The van der Waals surface area contributed by atoms with Gasteiger partial charge in [0.1, 0.15) is 18.1 Å². The fourth-order valence-corrected chi connectivity index (χ4v) is 2.95. The first-order chi connectivity index (χ1) is 16.7. The number of amides is 1. The zero-order valence-corrected chi connectivity index (χ0v) is 19.5. The number of carbonyl (C=O) groups excluding carboxylic acids is 1. The van der Waals surface area contributed by atoms with E-state index in [9.17, 15) is 4.79 Å². The molecule has 7 nitrogen and oxygen atoms in total. The topological polar surface area (TPSA) is 78.4 Å². The third-order valence-electron chi connectivity index (χ3n) is 4.79. The van der Waals surface area contributed by atoms with Crippen molar-refractivity contribution in [1.29, 1.82) is 0 Å². The summed E-state index contributed by atoms with van der Waals surface area (Å²) in [6.07, 6.45) is 3.63. The number of hydrogen-bond acceptors (Lipinski definition) is 6. The zero-order chi connectivity index (χ0) is 24.0. The van der Waals surface area contributed by atoms with Crippen molar-refractivity contribution in [2.75, 3.05) is 20.3 Å². The smallest absolute Gasteiger partial charge is 0.277 e. The molecule has 7 heteroatoms. The van der Waals surface area contributed by atoms with E-state index in [4.69, 9.17) is 18.9 Å². The molecule has 0 aliphatic carbocycles. The number of hydrazone groups is 1. The van der Waals surface area contributed by atoms with Crippen LogP contribution in [0.1, 0.15) is 30.9 Å². The summed E-state index contributed by atoms with van der Waals surface area (Å²) in [5.41, 5.74) is 4.27. The minimum Gasteiger partial charge on any atom is -0.494 e. The highest BCUT2D eigenvalue weighted by Crippen LogP contribution is 2.28. The Balaban J connectivity index is 1.44. The summed E-state index contributed by atoms with van der Waals surface area (Å²) in [5, 5.41) is 3.99. The summed E-state index contributed by atoms with van der Waals surface area (Å²) >= 11 is 0. The molecule has 0 saturated carbocycles. The highest BCUT2D eigenvalue weighted by atomic mass is 16.5. The fourth-order valence-electron chi connectivity index (χ4n) is 2.95. The number of nitrogens with zero attached hydrogens (tertiary/aromatic N) is 1. The van der Waals surface area contributed by atoms with E-state index in [1.165, 1.54) is 6.21 Å². The van der Waals surface area contributed by atoms with Gasteiger partial charge < -0.3 is 18.9 Å². The summed E-state index contributed by atoms with van der Waals surface area (Å²) in [4.78, 5) is 12.0. The van der Waals surface area contributed by atoms with Crippen LogP contribution in [-0.2, 0) is 11.4 Å². The Morgan fingerprint density at radius 2 is 1.65 bits per heavy atom. The second-order valence-corrected chi connectivity index (χ2v) is 7.44. The highest BCUT2D eigenvalue weighted by molar-refractivity contribution is 5.83. The molecule has 0 aliphatic rings. The van der Waals surface area contributed by atoms with Crippen LogP contribution in [-0.4, -0.2) is 32.4 Å². The second kappa shape index (κ2) is 13.5. The van der Waals surface area contributed by atoms with Gasteiger partial charge >= 0.3 is 0 Å². The molecule has 1 N–H and O–H groups in total. The third-order valence-corrected chi connectivity index (χ3v) is 4.79. The first-order valence-corrected chi connectivity index (χ1v) is 11.2. The molecule has 3 aromatic rings. The number of ether oxygens (including phenoxy) is 4. The number of carbonyl (C=O) groups is 1. The summed E-state index contributed by atoms with van der Waals surface area (Å²) < 4.78 is 22.4. The maximum Gasteiger partial charge on any atom is 0.277 e. The molecule has 1 amide bonds. The Hall–Kier alpha value is -4.00. The van der Waals surface area contributed by atoms with Crippen LogP contribution < -0.4 is 24.4 Å². The lowest BCUT2D eigenvalue weighted by Crippen LogP contribution is -2.24. The molecule has 34 heavy (non-hydrogen) atoms. The van der Waals surface area contributed by atoms with Gasteiger partial charge in [-0.05, 0) is 60.0 Å². The quantitative estimate of drug-likeness (QED) is 0.220. The van der Waals surface area contributed by atoms with E-state index in [0.29, 0.717) is 30.5 Å². The Kier molecular flexibility index (Phi) is 9.80. The number of hydrogen-bond donors (Lipinski definition) is 1. The van der Waals surface area contributed by atoms with Crippen molar-refractivity contribution in [2.24, 2.45) is 5.10 Å². The van der Waals surface area contributed by atoms with Crippen molar-refractivity contribution in [3.63, 3.8) is 0 Å². The summed E-state index contributed by atoms with van der Waals surface area (Å²) in [7, 11) is 1.58. The highest BCUT2D eigenvalue weighted by Gasteiger charge is 2.06. The Morgan fingerprint density at radius 3 is 2.35 bits per heavy atom. The largest absolute Gasteiger partial charge is 0.494 e. The maximum absolute atomic E-state index is 12.0. The number of methoxy groups -OCH3 is 1. The van der Waals surface area contributed by atoms with E-state index < -0.39 is 0 Å². The van der Waals surface area contributed by atoms with Crippen LogP contribution >= 0.6 is 0 Å². The molecule has 0 unspecified atom stereocenters. The van der Waals surface area contributed by atoms with Crippen LogP contribution in [0.4, 0.5) is 0 Å². The molecular formula is C27H30N2O5. The van der Waals surface area contributed by atoms with Crippen LogP contribution in [0, 0.1) is 0 Å². The van der Waals surface area contributed by atoms with E-state index in [1.807, 2.05) is 54.6 Å². The standard InChI is InChI=1S/C27H30N2O5/c1-3-4-16-32-23-11-13-24(14-12-23)33-20-27(30)29-28-18-22-10-15-25(26(17-22)31-2)34-19-21-8-6-5-7-9-21/h5-15,17-18H,3-4,16,19-20H2,1-2H3,(H,29,30)/b28-18+. The monoisotopic (exact) mass is 462 g/mol. The predicted octanol–water partition coefficient (Wildman–Crippen LogP) is 4.98. The molecular weight excluding hydrogens is 432 g/mol. The van der Waals surface area contributed by atoms with Gasteiger partial charge in [-0.3, -0.25) is 4.79 Å². The van der Waals surface area contributed by atoms with Gasteiger partial charge in [-0.25, -0.2) is 5.43 Å². The molecule has 0 atom stereocenters. The van der Waals surface area contributed by atoms with Crippen LogP contribution in [0.15, 0.2) is 77.9 Å².